The maximum absolute atomic E-state index is 11.6. The number of aromatic nitrogens is 3. The van der Waals surface area contributed by atoms with Gasteiger partial charge in [0.05, 0.1) is 11.9 Å². The van der Waals surface area contributed by atoms with Crippen molar-refractivity contribution >= 4 is 15.8 Å². The highest BCUT2D eigenvalue weighted by Gasteiger charge is 2.08. The van der Waals surface area contributed by atoms with E-state index in [1.54, 1.807) is 24.4 Å². The highest BCUT2D eigenvalue weighted by molar-refractivity contribution is 7.86. The van der Waals surface area contributed by atoms with Crippen molar-refractivity contribution in [2.24, 2.45) is 0 Å². The molecular weight excluding hydrogens is 294 g/mol. The Bertz CT molecular complexity index is 955. The predicted octanol–water partition coefficient (Wildman–Crippen LogP) is 1.03. The van der Waals surface area contributed by atoms with Gasteiger partial charge in [0.15, 0.2) is 0 Å². The van der Waals surface area contributed by atoms with Crippen molar-refractivity contribution in [2.75, 3.05) is 6.26 Å². The number of benzene rings is 1. The molecule has 21 heavy (non-hydrogen) atoms. The molecule has 0 fully saturated rings. The predicted molar refractivity (Wildman–Crippen MR) is 76.7 cm³/mol. The van der Waals surface area contributed by atoms with Crippen molar-refractivity contribution < 1.29 is 12.6 Å². The summed E-state index contributed by atoms with van der Waals surface area (Å²) in [6, 6.07) is 8.11. The smallest absolute Gasteiger partial charge is 0.331 e. The van der Waals surface area contributed by atoms with E-state index in [1.807, 2.05) is 0 Å². The van der Waals surface area contributed by atoms with E-state index in [9.17, 15) is 13.2 Å². The monoisotopic (exact) mass is 305 g/mol. The van der Waals surface area contributed by atoms with Crippen LogP contribution < -0.4 is 9.87 Å². The van der Waals surface area contributed by atoms with E-state index in [1.165, 1.54) is 22.7 Å². The van der Waals surface area contributed by atoms with Crippen molar-refractivity contribution in [2.45, 2.75) is 0 Å². The molecule has 1 aromatic carbocycles. The van der Waals surface area contributed by atoms with Crippen LogP contribution in [0.5, 0.6) is 5.75 Å². The summed E-state index contributed by atoms with van der Waals surface area (Å²) >= 11 is 0. The molecule has 108 valence electrons. The van der Waals surface area contributed by atoms with Crippen LogP contribution in [0.15, 0.2) is 47.5 Å². The summed E-state index contributed by atoms with van der Waals surface area (Å²) in [5.41, 5.74) is 1.62. The van der Waals surface area contributed by atoms with Crippen LogP contribution in [0.4, 0.5) is 0 Å². The Balaban J connectivity index is 1.99. The van der Waals surface area contributed by atoms with Crippen molar-refractivity contribution in [1.29, 1.82) is 0 Å². The minimum absolute atomic E-state index is 0.225. The number of nitrogens with one attached hydrogen (secondary N) is 1. The average Bonchev–Trinajstić information content (AvgIpc) is 2.83. The van der Waals surface area contributed by atoms with Gasteiger partial charge in [0.25, 0.3) is 0 Å². The molecule has 1 N–H and O–H groups in total. The van der Waals surface area contributed by atoms with Gasteiger partial charge in [-0.3, -0.25) is 4.40 Å². The molecular formula is C13H11N3O4S. The Hall–Kier alpha value is -2.61. The van der Waals surface area contributed by atoms with Crippen molar-refractivity contribution in [3.8, 4) is 17.0 Å². The molecule has 0 amide bonds. The fourth-order valence-electron chi connectivity index (χ4n) is 1.93. The fourth-order valence-corrected chi connectivity index (χ4v) is 2.39. The van der Waals surface area contributed by atoms with Gasteiger partial charge < -0.3 is 9.17 Å². The van der Waals surface area contributed by atoms with E-state index in [0.29, 0.717) is 11.3 Å². The van der Waals surface area contributed by atoms with Gasteiger partial charge in [0, 0.05) is 18.0 Å². The van der Waals surface area contributed by atoms with Crippen molar-refractivity contribution in [3.05, 3.63) is 53.2 Å². The molecule has 0 bridgehead atoms. The summed E-state index contributed by atoms with van der Waals surface area (Å²) in [6.07, 6.45) is 4.12. The number of aromatic amines is 1. The molecule has 0 saturated heterocycles. The molecule has 7 nitrogen and oxygen atoms in total. The van der Waals surface area contributed by atoms with E-state index < -0.39 is 10.1 Å². The molecule has 0 radical (unpaired) electrons. The second-order valence-electron chi connectivity index (χ2n) is 4.45. The Morgan fingerprint density at radius 3 is 2.52 bits per heavy atom. The number of hydrogen-bond acceptors (Lipinski definition) is 5. The quantitative estimate of drug-likeness (QED) is 0.729. The molecule has 0 aliphatic heterocycles. The van der Waals surface area contributed by atoms with Crippen LogP contribution in [0.2, 0.25) is 0 Å². The lowest BCUT2D eigenvalue weighted by Crippen LogP contribution is -2.13. The Kier molecular flexibility index (Phi) is 3.02. The Labute approximate surface area is 120 Å². The van der Waals surface area contributed by atoms with E-state index in [2.05, 4.69) is 9.97 Å². The number of rotatable bonds is 3. The van der Waals surface area contributed by atoms with Crippen LogP contribution in [-0.2, 0) is 10.1 Å². The maximum Gasteiger partial charge on any atom is 0.331 e. The molecule has 0 atom stereocenters. The van der Waals surface area contributed by atoms with Crippen molar-refractivity contribution in [1.82, 2.24) is 14.4 Å². The number of imidazole rings is 1. The summed E-state index contributed by atoms with van der Waals surface area (Å²) in [5, 5.41) is 0. The van der Waals surface area contributed by atoms with Crippen LogP contribution in [0, 0.1) is 0 Å². The third kappa shape index (κ3) is 2.79. The molecule has 0 spiro atoms. The minimum Gasteiger partial charge on any atom is -0.383 e. The van der Waals surface area contributed by atoms with Gasteiger partial charge in [0.1, 0.15) is 11.4 Å². The zero-order chi connectivity index (χ0) is 15.0. The molecule has 8 heteroatoms. The molecule has 3 aromatic rings. The second-order valence-corrected chi connectivity index (χ2v) is 6.02. The highest BCUT2D eigenvalue weighted by atomic mass is 32.2. The normalized spacial score (nSPS) is 11.7. The largest absolute Gasteiger partial charge is 0.383 e. The van der Waals surface area contributed by atoms with E-state index >= 15 is 0 Å². The van der Waals surface area contributed by atoms with Gasteiger partial charge in [-0.05, 0) is 30.3 Å². The first-order valence-electron chi connectivity index (χ1n) is 5.99. The summed E-state index contributed by atoms with van der Waals surface area (Å²) < 4.78 is 28.2. The molecule has 0 aliphatic rings. The Morgan fingerprint density at radius 2 is 1.90 bits per heavy atom. The number of nitrogens with zero attached hydrogens (tertiary/aromatic N) is 2. The lowest BCUT2D eigenvalue weighted by molar-refractivity contribution is 0.493. The molecule has 2 heterocycles. The van der Waals surface area contributed by atoms with E-state index in [-0.39, 0.29) is 11.4 Å². The van der Waals surface area contributed by atoms with Gasteiger partial charge in [-0.25, -0.2) is 9.78 Å². The van der Waals surface area contributed by atoms with Crippen LogP contribution in [0.3, 0.4) is 0 Å². The van der Waals surface area contributed by atoms with Gasteiger partial charge in [-0.1, -0.05) is 0 Å². The van der Waals surface area contributed by atoms with Gasteiger partial charge in [0.2, 0.25) is 0 Å². The van der Waals surface area contributed by atoms with Gasteiger partial charge in [-0.2, -0.15) is 8.42 Å². The van der Waals surface area contributed by atoms with E-state index in [4.69, 9.17) is 4.18 Å². The van der Waals surface area contributed by atoms with Crippen LogP contribution in [0.1, 0.15) is 0 Å². The number of H-pyrrole nitrogens is 1. The van der Waals surface area contributed by atoms with Crippen LogP contribution in [-0.4, -0.2) is 29.0 Å². The SMILES string of the molecule is CS(=O)(=O)Oc1ccc(-c2cn3c(=O)[nH]ccc3n2)cc1. The first-order chi connectivity index (χ1) is 9.92. The van der Waals surface area contributed by atoms with Crippen molar-refractivity contribution in [3.63, 3.8) is 0 Å². The first kappa shape index (κ1) is 13.4. The molecule has 2 aromatic heterocycles. The lowest BCUT2D eigenvalue weighted by Gasteiger charge is -2.03. The third-order valence-corrected chi connectivity index (χ3v) is 3.28. The standard InChI is InChI=1S/C13H11N3O4S/c1-21(18,19)20-10-4-2-9(3-5-10)11-8-16-12(15-11)6-7-14-13(16)17/h2-8H,1H3,(H,14,17). The number of fused-ring (bicyclic) bond motifs is 1. The maximum atomic E-state index is 11.6. The topological polar surface area (TPSA) is 93.5 Å². The lowest BCUT2D eigenvalue weighted by atomic mass is 10.2. The minimum atomic E-state index is -3.55. The van der Waals surface area contributed by atoms with Crippen LogP contribution >= 0.6 is 0 Å². The molecule has 3 rings (SSSR count). The van der Waals surface area contributed by atoms with E-state index in [0.717, 1.165) is 11.8 Å². The first-order valence-corrected chi connectivity index (χ1v) is 7.81. The zero-order valence-electron chi connectivity index (χ0n) is 11.0. The summed E-state index contributed by atoms with van der Waals surface area (Å²) in [6.45, 7) is 0. The highest BCUT2D eigenvalue weighted by Crippen LogP contribution is 2.22. The molecule has 0 unspecified atom stereocenters. The Morgan fingerprint density at radius 1 is 1.19 bits per heavy atom. The zero-order valence-corrected chi connectivity index (χ0v) is 11.8. The van der Waals surface area contributed by atoms with Gasteiger partial charge in [-0.15, -0.1) is 0 Å². The summed E-state index contributed by atoms with van der Waals surface area (Å²) in [5.74, 6) is 0.225. The third-order valence-electron chi connectivity index (χ3n) is 2.79. The van der Waals surface area contributed by atoms with Gasteiger partial charge >= 0.3 is 15.8 Å². The summed E-state index contributed by atoms with van der Waals surface area (Å²) in [4.78, 5) is 18.5. The summed E-state index contributed by atoms with van der Waals surface area (Å²) in [7, 11) is -3.55. The molecule has 0 saturated carbocycles. The second kappa shape index (κ2) is 4.74. The average molecular weight is 305 g/mol. The molecule has 0 aliphatic carbocycles. The fraction of sp³-hybridized carbons (Fsp3) is 0.0769. The number of hydrogen-bond donors (Lipinski definition) is 1. The van der Waals surface area contributed by atoms with Crippen LogP contribution in [0.25, 0.3) is 16.9 Å².